The third-order valence-electron chi connectivity index (χ3n) is 4.95. The second-order valence-electron chi connectivity index (χ2n) is 6.65. The van der Waals surface area contributed by atoms with Gasteiger partial charge in [0.1, 0.15) is 5.82 Å². The van der Waals surface area contributed by atoms with Gasteiger partial charge in [-0.05, 0) is 37.4 Å². The molecule has 5 nitrogen and oxygen atoms in total. The number of aromatic nitrogens is 3. The number of nitrogens with zero attached hydrogens (tertiary/aromatic N) is 2. The van der Waals surface area contributed by atoms with Crippen LogP contribution in [-0.2, 0) is 6.42 Å². The fourth-order valence-electron chi connectivity index (χ4n) is 3.75. The zero-order valence-corrected chi connectivity index (χ0v) is 15.9. The average Bonchev–Trinajstić information content (AvgIpc) is 3.11. The summed E-state index contributed by atoms with van der Waals surface area (Å²) < 4.78 is 0. The highest BCUT2D eigenvalue weighted by Gasteiger charge is 2.27. The number of fused-ring (bicyclic) bond motifs is 1. The number of aryl methyl sites for hydroxylation is 1. The molecule has 2 unspecified atom stereocenters. The Labute approximate surface area is 160 Å². The predicted octanol–water partition coefficient (Wildman–Crippen LogP) is 3.72. The molecule has 0 spiro atoms. The fourth-order valence-corrected chi connectivity index (χ4v) is 3.75. The first kappa shape index (κ1) is 20.4. The van der Waals surface area contributed by atoms with Crippen LogP contribution in [0.25, 0.3) is 11.0 Å². The highest BCUT2D eigenvalue weighted by molar-refractivity contribution is 5.85. The molecule has 2 aromatic heterocycles. The normalized spacial score (nSPS) is 19.6. The van der Waals surface area contributed by atoms with Crippen LogP contribution in [-0.4, -0.2) is 27.0 Å². The Morgan fingerprint density at radius 2 is 1.92 bits per heavy atom. The van der Waals surface area contributed by atoms with Gasteiger partial charge in [0.05, 0.1) is 16.7 Å². The van der Waals surface area contributed by atoms with E-state index in [1.165, 1.54) is 11.3 Å². The molecule has 0 aliphatic carbocycles. The zero-order chi connectivity index (χ0) is 16.4. The average molecular weight is 375 g/mol. The quantitative estimate of drug-likeness (QED) is 0.729. The van der Waals surface area contributed by atoms with E-state index in [-0.39, 0.29) is 17.9 Å². The summed E-state index contributed by atoms with van der Waals surface area (Å²) in [5.41, 5.74) is 4.75. The van der Waals surface area contributed by atoms with Crippen molar-refractivity contribution in [3.63, 3.8) is 0 Å². The number of piperidine rings is 1. The third-order valence-corrected chi connectivity index (χ3v) is 4.95. The van der Waals surface area contributed by atoms with Gasteiger partial charge in [-0.15, -0.1) is 12.4 Å². The van der Waals surface area contributed by atoms with Gasteiger partial charge in [-0.25, -0.2) is 9.97 Å². The molecule has 26 heavy (non-hydrogen) atoms. The summed E-state index contributed by atoms with van der Waals surface area (Å²) in [5.74, 6) is 1.45. The summed E-state index contributed by atoms with van der Waals surface area (Å²) in [5, 5.41) is 3.66. The molecular formula is C20H27ClN4O. The Morgan fingerprint density at radius 3 is 2.69 bits per heavy atom. The van der Waals surface area contributed by atoms with Gasteiger partial charge in [0.2, 0.25) is 0 Å². The van der Waals surface area contributed by atoms with Crippen LogP contribution < -0.4 is 5.32 Å². The lowest BCUT2D eigenvalue weighted by Gasteiger charge is -2.30. The van der Waals surface area contributed by atoms with Crippen molar-refractivity contribution in [3.05, 3.63) is 59.7 Å². The molecule has 0 radical (unpaired) electrons. The SMILES string of the molecule is CCCc1nc(C2CCNC(c3ccccc3)C2)c2[nH]ccc2n1.Cl.O. The molecule has 1 aliphatic rings. The molecule has 0 bridgehead atoms. The van der Waals surface area contributed by atoms with E-state index in [4.69, 9.17) is 9.97 Å². The number of rotatable bonds is 4. The molecule has 3 aromatic rings. The van der Waals surface area contributed by atoms with E-state index in [2.05, 4.69) is 53.6 Å². The molecule has 2 atom stereocenters. The molecule has 4 rings (SSSR count). The van der Waals surface area contributed by atoms with Gasteiger partial charge in [0.25, 0.3) is 0 Å². The Morgan fingerprint density at radius 1 is 1.12 bits per heavy atom. The number of aromatic amines is 1. The van der Waals surface area contributed by atoms with Crippen LogP contribution in [0, 0.1) is 0 Å². The van der Waals surface area contributed by atoms with E-state index in [0.717, 1.165) is 49.1 Å². The molecular weight excluding hydrogens is 348 g/mol. The second kappa shape index (κ2) is 9.12. The lowest BCUT2D eigenvalue weighted by Crippen LogP contribution is -2.31. The number of nitrogens with one attached hydrogen (secondary N) is 2. The summed E-state index contributed by atoms with van der Waals surface area (Å²) in [6, 6.07) is 13.2. The van der Waals surface area contributed by atoms with Crippen LogP contribution in [0.5, 0.6) is 0 Å². The molecule has 3 heterocycles. The zero-order valence-electron chi connectivity index (χ0n) is 15.0. The summed E-state index contributed by atoms with van der Waals surface area (Å²) in [6.45, 7) is 3.21. The first-order valence-corrected chi connectivity index (χ1v) is 8.97. The maximum Gasteiger partial charge on any atom is 0.129 e. The van der Waals surface area contributed by atoms with E-state index in [1.807, 2.05) is 6.20 Å². The Hall–Kier alpha value is -1.95. The van der Waals surface area contributed by atoms with Crippen LogP contribution in [0.2, 0.25) is 0 Å². The minimum absolute atomic E-state index is 0. The van der Waals surface area contributed by atoms with Gasteiger partial charge in [0, 0.05) is 24.6 Å². The molecule has 1 saturated heterocycles. The van der Waals surface area contributed by atoms with Crippen LogP contribution in [0.3, 0.4) is 0 Å². The van der Waals surface area contributed by atoms with Gasteiger partial charge in [-0.1, -0.05) is 37.3 Å². The minimum Gasteiger partial charge on any atom is -0.412 e. The predicted molar refractivity (Wildman–Crippen MR) is 108 cm³/mol. The van der Waals surface area contributed by atoms with E-state index in [0.29, 0.717) is 12.0 Å². The number of hydrogen-bond acceptors (Lipinski definition) is 3. The first-order valence-electron chi connectivity index (χ1n) is 8.97. The number of halogens is 1. The lowest BCUT2D eigenvalue weighted by molar-refractivity contribution is 0.366. The van der Waals surface area contributed by atoms with E-state index >= 15 is 0 Å². The van der Waals surface area contributed by atoms with E-state index < -0.39 is 0 Å². The molecule has 0 saturated carbocycles. The van der Waals surface area contributed by atoms with Crippen molar-refractivity contribution in [2.75, 3.05) is 6.54 Å². The monoisotopic (exact) mass is 374 g/mol. The molecule has 1 aromatic carbocycles. The molecule has 6 heteroatoms. The van der Waals surface area contributed by atoms with E-state index in [1.54, 1.807) is 0 Å². The minimum atomic E-state index is 0. The van der Waals surface area contributed by atoms with Gasteiger partial charge in [-0.3, -0.25) is 0 Å². The van der Waals surface area contributed by atoms with Crippen molar-refractivity contribution in [1.29, 1.82) is 0 Å². The van der Waals surface area contributed by atoms with Crippen molar-refractivity contribution in [1.82, 2.24) is 20.3 Å². The smallest absolute Gasteiger partial charge is 0.129 e. The standard InChI is InChI=1S/C20H24N4.ClH.H2O/c1-2-6-18-23-16-10-12-22-20(16)19(24-18)15-9-11-21-17(13-15)14-7-4-3-5-8-14;;/h3-5,7-8,10,12,15,17,21-22H,2,6,9,11,13H2,1H3;1H;1H2. The van der Waals surface area contributed by atoms with Crippen molar-refractivity contribution in [3.8, 4) is 0 Å². The number of H-pyrrole nitrogens is 1. The van der Waals surface area contributed by atoms with Gasteiger partial charge < -0.3 is 15.8 Å². The third kappa shape index (κ3) is 4.06. The molecule has 1 aliphatic heterocycles. The Kier molecular flexibility index (Phi) is 7.14. The fraction of sp³-hybridized carbons (Fsp3) is 0.400. The molecule has 0 amide bonds. The molecule has 140 valence electrons. The van der Waals surface area contributed by atoms with Crippen molar-refractivity contribution in [2.45, 2.75) is 44.6 Å². The maximum absolute atomic E-state index is 4.94. The Balaban J connectivity index is 0.00000121. The van der Waals surface area contributed by atoms with Crippen LogP contribution in [0.4, 0.5) is 0 Å². The summed E-state index contributed by atoms with van der Waals surface area (Å²) in [4.78, 5) is 13.0. The van der Waals surface area contributed by atoms with Crippen LogP contribution in [0.1, 0.15) is 55.2 Å². The van der Waals surface area contributed by atoms with Gasteiger partial charge >= 0.3 is 0 Å². The summed E-state index contributed by atoms with van der Waals surface area (Å²) in [7, 11) is 0. The van der Waals surface area contributed by atoms with Crippen molar-refractivity contribution >= 4 is 23.4 Å². The van der Waals surface area contributed by atoms with Gasteiger partial charge in [-0.2, -0.15) is 0 Å². The highest BCUT2D eigenvalue weighted by atomic mass is 35.5. The number of benzene rings is 1. The topological polar surface area (TPSA) is 85.1 Å². The summed E-state index contributed by atoms with van der Waals surface area (Å²) >= 11 is 0. The molecule has 4 N–H and O–H groups in total. The van der Waals surface area contributed by atoms with Crippen LogP contribution in [0.15, 0.2) is 42.6 Å². The number of hydrogen-bond donors (Lipinski definition) is 2. The second-order valence-corrected chi connectivity index (χ2v) is 6.65. The van der Waals surface area contributed by atoms with Crippen molar-refractivity contribution < 1.29 is 5.48 Å². The van der Waals surface area contributed by atoms with Crippen molar-refractivity contribution in [2.24, 2.45) is 0 Å². The lowest BCUT2D eigenvalue weighted by atomic mass is 9.86. The van der Waals surface area contributed by atoms with Crippen LogP contribution >= 0.6 is 12.4 Å². The highest BCUT2D eigenvalue weighted by Crippen LogP contribution is 2.35. The van der Waals surface area contributed by atoms with Gasteiger partial charge in [0.15, 0.2) is 0 Å². The largest absolute Gasteiger partial charge is 0.412 e. The molecule has 1 fully saturated rings. The van der Waals surface area contributed by atoms with E-state index in [9.17, 15) is 0 Å². The Bertz CT molecular complexity index is 821. The first-order chi connectivity index (χ1) is 11.8. The summed E-state index contributed by atoms with van der Waals surface area (Å²) in [6.07, 6.45) is 6.21. The maximum atomic E-state index is 4.94.